The van der Waals surface area contributed by atoms with Gasteiger partial charge in [-0.3, -0.25) is 4.79 Å². The highest BCUT2D eigenvalue weighted by Crippen LogP contribution is 2.20. The van der Waals surface area contributed by atoms with Gasteiger partial charge in [0.25, 0.3) is 0 Å². The summed E-state index contributed by atoms with van der Waals surface area (Å²) in [6.45, 7) is 3.40. The highest BCUT2D eigenvalue weighted by atomic mass is 16.2. The molecule has 0 aromatic carbocycles. The van der Waals surface area contributed by atoms with Crippen molar-refractivity contribution < 1.29 is 4.79 Å². The molecule has 0 unspecified atom stereocenters. The molecule has 1 amide bonds. The second-order valence-corrected chi connectivity index (χ2v) is 4.32. The number of rotatable bonds is 2. The number of hydrogen-bond donors (Lipinski definition) is 0. The lowest BCUT2D eigenvalue weighted by molar-refractivity contribution is -0.130. The quantitative estimate of drug-likeness (QED) is 0.752. The highest BCUT2D eigenvalue weighted by molar-refractivity contribution is 5.73. The van der Waals surface area contributed by atoms with Gasteiger partial charge in [-0.2, -0.15) is 0 Å². The Morgan fingerprint density at radius 2 is 2.00 bits per heavy atom. The van der Waals surface area contributed by atoms with Gasteiger partial charge in [0.05, 0.1) is 0 Å². The fourth-order valence-corrected chi connectivity index (χ4v) is 2.15. The zero-order valence-corrected chi connectivity index (χ0v) is 9.59. The Kier molecular flexibility index (Phi) is 3.49. The summed E-state index contributed by atoms with van der Waals surface area (Å²) >= 11 is 0. The van der Waals surface area contributed by atoms with E-state index in [4.69, 9.17) is 0 Å². The van der Waals surface area contributed by atoms with Crippen molar-refractivity contribution in [2.75, 3.05) is 13.1 Å². The summed E-state index contributed by atoms with van der Waals surface area (Å²) in [5.74, 6) is 1.73. The Hall–Kier alpha value is -1.45. The SMILES string of the molecule is CC(=O)N1CCC(Cc2ncccn2)CC1. The lowest BCUT2D eigenvalue weighted by atomic mass is 9.93. The van der Waals surface area contributed by atoms with Gasteiger partial charge in [-0.25, -0.2) is 9.97 Å². The van der Waals surface area contributed by atoms with Gasteiger partial charge in [-0.1, -0.05) is 0 Å². The molecule has 2 rings (SSSR count). The van der Waals surface area contributed by atoms with E-state index in [2.05, 4.69) is 9.97 Å². The molecule has 1 aromatic heterocycles. The Labute approximate surface area is 95.7 Å². The minimum atomic E-state index is 0.189. The van der Waals surface area contributed by atoms with Crippen LogP contribution in [0.3, 0.4) is 0 Å². The van der Waals surface area contributed by atoms with Crippen molar-refractivity contribution in [3.05, 3.63) is 24.3 Å². The maximum absolute atomic E-state index is 11.2. The van der Waals surface area contributed by atoms with Crippen LogP contribution in [0.4, 0.5) is 0 Å². The average Bonchev–Trinajstić information content (AvgIpc) is 2.31. The van der Waals surface area contributed by atoms with Gasteiger partial charge < -0.3 is 4.90 Å². The van der Waals surface area contributed by atoms with Crippen LogP contribution < -0.4 is 0 Å². The van der Waals surface area contributed by atoms with Crippen LogP contribution in [0.5, 0.6) is 0 Å². The standard InChI is InChI=1S/C12H17N3O/c1-10(16)15-7-3-11(4-8-15)9-12-13-5-2-6-14-12/h2,5-6,11H,3-4,7-9H2,1H3. The Morgan fingerprint density at radius 3 is 2.56 bits per heavy atom. The second-order valence-electron chi connectivity index (χ2n) is 4.32. The first-order valence-corrected chi connectivity index (χ1v) is 5.77. The van der Waals surface area contributed by atoms with E-state index in [1.807, 2.05) is 11.0 Å². The first-order chi connectivity index (χ1) is 7.75. The van der Waals surface area contributed by atoms with Crippen molar-refractivity contribution in [1.82, 2.24) is 14.9 Å². The molecule has 16 heavy (non-hydrogen) atoms. The van der Waals surface area contributed by atoms with Crippen LogP contribution in [-0.4, -0.2) is 33.9 Å². The molecule has 0 radical (unpaired) electrons. The fourth-order valence-electron chi connectivity index (χ4n) is 2.15. The zero-order valence-electron chi connectivity index (χ0n) is 9.59. The van der Waals surface area contributed by atoms with Crippen LogP contribution in [0.1, 0.15) is 25.6 Å². The summed E-state index contributed by atoms with van der Waals surface area (Å²) in [6, 6.07) is 1.84. The Balaban J connectivity index is 1.84. The Bertz CT molecular complexity index is 345. The fraction of sp³-hybridized carbons (Fsp3) is 0.583. The lowest BCUT2D eigenvalue weighted by Crippen LogP contribution is -2.37. The molecule has 0 saturated carbocycles. The number of nitrogens with zero attached hydrogens (tertiary/aromatic N) is 3. The normalized spacial score (nSPS) is 17.4. The number of aromatic nitrogens is 2. The van der Waals surface area contributed by atoms with Gasteiger partial charge in [0.15, 0.2) is 0 Å². The molecular formula is C12H17N3O. The molecule has 4 heteroatoms. The van der Waals surface area contributed by atoms with Crippen LogP contribution in [0, 0.1) is 5.92 Å². The summed E-state index contributed by atoms with van der Waals surface area (Å²) in [5, 5.41) is 0. The lowest BCUT2D eigenvalue weighted by Gasteiger charge is -2.30. The molecule has 1 saturated heterocycles. The first kappa shape index (κ1) is 11.0. The van der Waals surface area contributed by atoms with Crippen LogP contribution in [-0.2, 0) is 11.2 Å². The number of amides is 1. The van der Waals surface area contributed by atoms with Gasteiger partial charge in [0.2, 0.25) is 5.91 Å². The van der Waals surface area contributed by atoms with E-state index in [1.54, 1.807) is 19.3 Å². The van der Waals surface area contributed by atoms with E-state index in [0.717, 1.165) is 38.2 Å². The van der Waals surface area contributed by atoms with E-state index >= 15 is 0 Å². The smallest absolute Gasteiger partial charge is 0.219 e. The molecule has 2 heterocycles. The predicted octanol–water partition coefficient (Wildman–Crippen LogP) is 1.28. The zero-order chi connectivity index (χ0) is 11.4. The van der Waals surface area contributed by atoms with Gasteiger partial charge in [0.1, 0.15) is 5.82 Å². The number of piperidine rings is 1. The topological polar surface area (TPSA) is 46.1 Å². The molecule has 0 bridgehead atoms. The maximum atomic E-state index is 11.2. The molecule has 0 atom stereocenters. The van der Waals surface area contributed by atoms with E-state index in [1.165, 1.54) is 0 Å². The van der Waals surface area contributed by atoms with Crippen LogP contribution in [0.2, 0.25) is 0 Å². The van der Waals surface area contributed by atoms with E-state index in [-0.39, 0.29) is 5.91 Å². The van der Waals surface area contributed by atoms with E-state index < -0.39 is 0 Å². The number of carbonyl (C=O) groups is 1. The number of hydrogen-bond acceptors (Lipinski definition) is 3. The van der Waals surface area contributed by atoms with Crippen LogP contribution in [0.25, 0.3) is 0 Å². The molecule has 1 aliphatic rings. The highest BCUT2D eigenvalue weighted by Gasteiger charge is 2.21. The number of likely N-dealkylation sites (tertiary alicyclic amines) is 1. The third kappa shape index (κ3) is 2.78. The van der Waals surface area contributed by atoms with Crippen molar-refractivity contribution in [3.8, 4) is 0 Å². The third-order valence-corrected chi connectivity index (χ3v) is 3.15. The number of carbonyl (C=O) groups excluding carboxylic acids is 1. The maximum Gasteiger partial charge on any atom is 0.219 e. The molecule has 1 fully saturated rings. The molecule has 1 aliphatic heterocycles. The van der Waals surface area contributed by atoms with Gasteiger partial charge in [-0.15, -0.1) is 0 Å². The Morgan fingerprint density at radius 1 is 1.38 bits per heavy atom. The molecule has 86 valence electrons. The largest absolute Gasteiger partial charge is 0.343 e. The van der Waals surface area contributed by atoms with Crippen molar-refractivity contribution in [1.29, 1.82) is 0 Å². The van der Waals surface area contributed by atoms with E-state index in [9.17, 15) is 4.79 Å². The van der Waals surface area contributed by atoms with Crippen LogP contribution in [0.15, 0.2) is 18.5 Å². The van der Waals surface area contributed by atoms with Gasteiger partial charge >= 0.3 is 0 Å². The first-order valence-electron chi connectivity index (χ1n) is 5.77. The summed E-state index contributed by atoms with van der Waals surface area (Å²) < 4.78 is 0. The molecule has 0 N–H and O–H groups in total. The molecule has 0 spiro atoms. The molecule has 1 aromatic rings. The van der Waals surface area contributed by atoms with Crippen molar-refractivity contribution in [2.24, 2.45) is 5.92 Å². The minimum absolute atomic E-state index is 0.189. The van der Waals surface area contributed by atoms with E-state index in [0.29, 0.717) is 5.92 Å². The van der Waals surface area contributed by atoms with Crippen molar-refractivity contribution in [2.45, 2.75) is 26.2 Å². The third-order valence-electron chi connectivity index (χ3n) is 3.15. The van der Waals surface area contributed by atoms with Crippen LogP contribution >= 0.6 is 0 Å². The second kappa shape index (κ2) is 5.05. The molecule has 4 nitrogen and oxygen atoms in total. The predicted molar refractivity (Wildman–Crippen MR) is 60.7 cm³/mol. The van der Waals surface area contributed by atoms with Crippen molar-refractivity contribution >= 4 is 5.91 Å². The average molecular weight is 219 g/mol. The van der Waals surface area contributed by atoms with Gasteiger partial charge in [-0.05, 0) is 24.8 Å². The molecule has 0 aliphatic carbocycles. The summed E-state index contributed by atoms with van der Waals surface area (Å²) in [6.07, 6.45) is 6.64. The van der Waals surface area contributed by atoms with Crippen molar-refractivity contribution in [3.63, 3.8) is 0 Å². The summed E-state index contributed by atoms with van der Waals surface area (Å²) in [5.41, 5.74) is 0. The molecular weight excluding hydrogens is 202 g/mol. The summed E-state index contributed by atoms with van der Waals surface area (Å²) in [7, 11) is 0. The van der Waals surface area contributed by atoms with Gasteiger partial charge in [0, 0.05) is 38.8 Å². The monoisotopic (exact) mass is 219 g/mol. The minimum Gasteiger partial charge on any atom is -0.343 e. The summed E-state index contributed by atoms with van der Waals surface area (Å²) in [4.78, 5) is 21.6.